The van der Waals surface area contributed by atoms with Gasteiger partial charge in [0.15, 0.2) is 0 Å². The molecule has 1 unspecified atom stereocenters. The smallest absolute Gasteiger partial charge is 0.339 e. The Morgan fingerprint density at radius 3 is 2.40 bits per heavy atom. The topological polar surface area (TPSA) is 65.0 Å². The Labute approximate surface area is 194 Å². The summed E-state index contributed by atoms with van der Waals surface area (Å²) in [5, 5.41) is 10.1. The number of hydrogen-bond donors (Lipinski definition) is 1. The monoisotopic (exact) mass is 490 g/mol. The molecule has 1 atom stereocenters. The fraction of sp³-hybridized carbons (Fsp3) is 0.286. The Kier molecular flexibility index (Phi) is 7.30. The van der Waals surface area contributed by atoms with Gasteiger partial charge < -0.3 is 19.3 Å². The van der Waals surface area contributed by atoms with E-state index in [9.17, 15) is 9.90 Å². The summed E-state index contributed by atoms with van der Waals surface area (Å²) in [4.78, 5) is 11.6. The minimum atomic E-state index is -1.11. The van der Waals surface area contributed by atoms with Gasteiger partial charge in [0.1, 0.15) is 28.0 Å². The lowest BCUT2D eigenvalue weighted by molar-refractivity contribution is -0.130. The van der Waals surface area contributed by atoms with Gasteiger partial charge >= 0.3 is 5.97 Å². The summed E-state index contributed by atoms with van der Waals surface area (Å²) in [6.45, 7) is 0.390. The van der Waals surface area contributed by atoms with Crippen LogP contribution in [-0.2, 0) is 16.1 Å². The molecule has 0 heterocycles. The van der Waals surface area contributed by atoms with E-state index in [0.29, 0.717) is 45.7 Å². The van der Waals surface area contributed by atoms with E-state index in [2.05, 4.69) is 0 Å². The highest BCUT2D eigenvalue weighted by Crippen LogP contribution is 2.53. The number of carbonyl (C=O) groups is 1. The Morgan fingerprint density at radius 2 is 1.80 bits per heavy atom. The van der Waals surface area contributed by atoms with Crippen LogP contribution in [0.2, 0.25) is 10.0 Å². The molecule has 1 fully saturated rings. The van der Waals surface area contributed by atoms with E-state index in [1.165, 1.54) is 19.4 Å². The molecule has 1 aliphatic rings. The lowest BCUT2D eigenvalue weighted by Crippen LogP contribution is -2.07. The molecule has 30 heavy (non-hydrogen) atoms. The maximum Gasteiger partial charge on any atom is 0.339 e. The zero-order valence-electron chi connectivity index (χ0n) is 15.8. The second-order valence-corrected chi connectivity index (χ2v) is 9.06. The average Bonchev–Trinajstić information content (AvgIpc) is 3.31. The molecule has 2 aromatic rings. The van der Waals surface area contributed by atoms with E-state index in [4.69, 9.17) is 60.6 Å². The van der Waals surface area contributed by atoms with Crippen molar-refractivity contribution in [1.82, 2.24) is 0 Å². The largest absolute Gasteiger partial charge is 0.503 e. The molecule has 0 spiro atoms. The van der Waals surface area contributed by atoms with Crippen LogP contribution < -0.4 is 9.47 Å². The molecule has 1 N–H and O–H groups in total. The van der Waals surface area contributed by atoms with Gasteiger partial charge in [0, 0.05) is 12.0 Å². The molecule has 0 saturated heterocycles. The van der Waals surface area contributed by atoms with Gasteiger partial charge in [-0.3, -0.25) is 0 Å². The predicted molar refractivity (Wildman–Crippen MR) is 118 cm³/mol. The van der Waals surface area contributed by atoms with E-state index in [1.807, 2.05) is 0 Å². The van der Waals surface area contributed by atoms with Crippen molar-refractivity contribution in [2.24, 2.45) is 5.92 Å². The van der Waals surface area contributed by atoms with Gasteiger partial charge in [-0.2, -0.15) is 0 Å². The number of carboxylic acid groups (broad SMARTS) is 1. The van der Waals surface area contributed by atoms with Gasteiger partial charge in [-0.15, -0.1) is 23.2 Å². The first-order valence-electron chi connectivity index (χ1n) is 8.90. The number of hydrogen-bond acceptors (Lipinski definition) is 4. The zero-order valence-corrected chi connectivity index (χ0v) is 18.9. The van der Waals surface area contributed by atoms with Crippen LogP contribution in [0.25, 0.3) is 5.57 Å². The van der Waals surface area contributed by atoms with Crippen LogP contribution in [0.3, 0.4) is 0 Å². The average molecular weight is 492 g/mol. The van der Waals surface area contributed by atoms with Crippen LogP contribution in [0.5, 0.6) is 11.5 Å². The molecule has 0 aromatic heterocycles. The molecule has 160 valence electrons. The SMILES string of the molecule is CO/C=C(/C(=O)O)c1ccccc1COc1cc(OCC2CC2(Cl)Cl)c(Cl)cc1Cl. The van der Waals surface area contributed by atoms with Gasteiger partial charge in [0.05, 0.1) is 30.0 Å². The van der Waals surface area contributed by atoms with Gasteiger partial charge in [-0.25, -0.2) is 4.79 Å². The molecule has 0 amide bonds. The van der Waals surface area contributed by atoms with E-state index in [1.54, 1.807) is 30.3 Å². The van der Waals surface area contributed by atoms with Crippen molar-refractivity contribution in [2.75, 3.05) is 13.7 Å². The minimum Gasteiger partial charge on any atom is -0.503 e. The van der Waals surface area contributed by atoms with Gasteiger partial charge in [-0.1, -0.05) is 47.5 Å². The van der Waals surface area contributed by atoms with Crippen LogP contribution in [-0.4, -0.2) is 29.1 Å². The van der Waals surface area contributed by atoms with Crippen LogP contribution in [0.1, 0.15) is 17.5 Å². The summed E-state index contributed by atoms with van der Waals surface area (Å²) >= 11 is 24.5. The van der Waals surface area contributed by atoms with Crippen molar-refractivity contribution in [1.29, 1.82) is 0 Å². The van der Waals surface area contributed by atoms with Crippen LogP contribution in [0.4, 0.5) is 0 Å². The van der Waals surface area contributed by atoms with Gasteiger partial charge in [-0.05, 0) is 23.6 Å². The Bertz CT molecular complexity index is 974. The molecule has 2 aromatic carbocycles. The summed E-state index contributed by atoms with van der Waals surface area (Å²) in [6, 6.07) is 10.1. The van der Waals surface area contributed by atoms with E-state index in [-0.39, 0.29) is 18.1 Å². The summed E-state index contributed by atoms with van der Waals surface area (Å²) < 4.78 is 15.7. The quantitative estimate of drug-likeness (QED) is 0.256. The summed E-state index contributed by atoms with van der Waals surface area (Å²) in [5.74, 6) is -0.340. The van der Waals surface area contributed by atoms with Crippen LogP contribution in [0, 0.1) is 5.92 Å². The van der Waals surface area contributed by atoms with Gasteiger partial charge in [0.25, 0.3) is 0 Å². The summed E-state index contributed by atoms with van der Waals surface area (Å²) in [7, 11) is 1.39. The van der Waals surface area contributed by atoms with Gasteiger partial charge in [0.2, 0.25) is 0 Å². The van der Waals surface area contributed by atoms with E-state index >= 15 is 0 Å². The Hall–Kier alpha value is -1.79. The highest BCUT2D eigenvalue weighted by Gasteiger charge is 2.52. The number of aliphatic carboxylic acids is 1. The standard InChI is InChI=1S/C21H18Cl4O5/c1-28-11-15(20(26)27)14-5-3-2-4-12(14)9-29-18-7-19(17(23)6-16(18)22)30-10-13-8-21(13,24)25/h2-7,11,13H,8-10H2,1H3,(H,26,27)/b15-11+. The Balaban J connectivity index is 1.77. The lowest BCUT2D eigenvalue weighted by atomic mass is 10.0. The highest BCUT2D eigenvalue weighted by atomic mass is 35.5. The summed E-state index contributed by atoms with van der Waals surface area (Å²) in [6.07, 6.45) is 1.83. The number of carboxylic acids is 1. The van der Waals surface area contributed by atoms with Crippen molar-refractivity contribution in [3.05, 3.63) is 63.8 Å². The van der Waals surface area contributed by atoms with E-state index < -0.39 is 10.3 Å². The maximum absolute atomic E-state index is 11.6. The molecule has 0 bridgehead atoms. The maximum atomic E-state index is 11.6. The molecule has 0 aliphatic heterocycles. The molecule has 5 nitrogen and oxygen atoms in total. The number of rotatable bonds is 9. The molecule has 0 radical (unpaired) electrons. The van der Waals surface area contributed by atoms with Crippen molar-refractivity contribution in [3.8, 4) is 11.5 Å². The Morgan fingerprint density at radius 1 is 1.17 bits per heavy atom. The molecule has 9 heteroatoms. The van der Waals surface area contributed by atoms with E-state index in [0.717, 1.165) is 0 Å². The number of ether oxygens (including phenoxy) is 3. The third-order valence-electron chi connectivity index (χ3n) is 4.54. The molecule has 1 saturated carbocycles. The third kappa shape index (κ3) is 5.46. The molecule has 1 aliphatic carbocycles. The number of halogens is 4. The summed E-state index contributed by atoms with van der Waals surface area (Å²) in [5.41, 5.74) is 1.13. The van der Waals surface area contributed by atoms with Crippen molar-refractivity contribution < 1.29 is 24.1 Å². The first-order valence-corrected chi connectivity index (χ1v) is 10.4. The van der Waals surface area contributed by atoms with Crippen LogP contribution in [0.15, 0.2) is 42.7 Å². The first-order chi connectivity index (χ1) is 14.2. The second-order valence-electron chi connectivity index (χ2n) is 6.70. The fourth-order valence-electron chi connectivity index (χ4n) is 2.78. The normalized spacial score (nSPS) is 17.4. The van der Waals surface area contributed by atoms with Crippen molar-refractivity contribution in [3.63, 3.8) is 0 Å². The first kappa shape index (κ1) is 22.9. The van der Waals surface area contributed by atoms with Crippen molar-refractivity contribution in [2.45, 2.75) is 17.4 Å². The number of alkyl halides is 2. The zero-order chi connectivity index (χ0) is 21.9. The predicted octanol–water partition coefficient (Wildman–Crippen LogP) is 6.22. The molecular formula is C21H18Cl4O5. The molecule has 3 rings (SSSR count). The lowest BCUT2D eigenvalue weighted by Gasteiger charge is -2.15. The third-order valence-corrected chi connectivity index (χ3v) is 6.06. The van der Waals surface area contributed by atoms with Crippen molar-refractivity contribution >= 4 is 57.9 Å². The second kappa shape index (κ2) is 9.56. The van der Waals surface area contributed by atoms with Crippen LogP contribution >= 0.6 is 46.4 Å². The fourth-order valence-corrected chi connectivity index (χ4v) is 3.77. The minimum absolute atomic E-state index is 0.0120. The molecular weight excluding hydrogens is 474 g/mol. The number of methoxy groups -OCH3 is 1. The highest BCUT2D eigenvalue weighted by molar-refractivity contribution is 6.50. The number of benzene rings is 2.